The Morgan fingerprint density at radius 3 is 3.00 bits per heavy atom. The average molecular weight is 213 g/mol. The molecule has 0 bridgehead atoms. The van der Waals surface area contributed by atoms with Crippen LogP contribution in [0.2, 0.25) is 0 Å². The lowest BCUT2D eigenvalue weighted by atomic mass is 10.1. The van der Waals surface area contributed by atoms with E-state index in [0.29, 0.717) is 12.3 Å². The Morgan fingerprint density at radius 2 is 2.36 bits per heavy atom. The number of aromatic nitrogens is 1. The van der Waals surface area contributed by atoms with Crippen LogP contribution in [0.4, 0.5) is 0 Å². The van der Waals surface area contributed by atoms with E-state index < -0.39 is 0 Å². The summed E-state index contributed by atoms with van der Waals surface area (Å²) < 4.78 is 8.97. The summed E-state index contributed by atoms with van der Waals surface area (Å²) in [5.74, 6) is -0.292. The van der Waals surface area contributed by atoms with Gasteiger partial charge in [0.05, 0.1) is 6.61 Å². The molecule has 0 spiro atoms. The molecule has 0 unspecified atom stereocenters. The van der Waals surface area contributed by atoms with Gasteiger partial charge >= 0.3 is 5.97 Å². The van der Waals surface area contributed by atoms with Gasteiger partial charge in [-0.2, -0.15) is 4.37 Å². The molecule has 1 rings (SSSR count). The highest BCUT2D eigenvalue weighted by Crippen LogP contribution is 2.14. The van der Waals surface area contributed by atoms with E-state index in [-0.39, 0.29) is 5.97 Å². The van der Waals surface area contributed by atoms with E-state index >= 15 is 0 Å². The van der Waals surface area contributed by atoms with Crippen molar-refractivity contribution in [2.45, 2.75) is 33.1 Å². The molecule has 0 aliphatic rings. The summed E-state index contributed by atoms with van der Waals surface area (Å²) in [6.45, 7) is 4.34. The Kier molecular flexibility index (Phi) is 4.59. The maximum Gasteiger partial charge on any atom is 0.358 e. The van der Waals surface area contributed by atoms with Crippen molar-refractivity contribution in [1.82, 2.24) is 4.37 Å². The highest BCUT2D eigenvalue weighted by Gasteiger charge is 2.14. The predicted octanol–water partition coefficient (Wildman–Crippen LogP) is 2.66. The molecule has 78 valence electrons. The summed E-state index contributed by atoms with van der Waals surface area (Å²) in [5.41, 5.74) is 1.53. The Hall–Kier alpha value is -0.900. The summed E-state index contributed by atoms with van der Waals surface area (Å²) in [5, 5.41) is 1.93. The second kappa shape index (κ2) is 5.75. The zero-order valence-corrected chi connectivity index (χ0v) is 9.39. The number of unbranched alkanes of at least 4 members (excludes halogenated alkanes) is 1. The minimum Gasteiger partial charge on any atom is -0.461 e. The van der Waals surface area contributed by atoms with Gasteiger partial charge in [-0.1, -0.05) is 13.3 Å². The average Bonchev–Trinajstić information content (AvgIpc) is 2.63. The molecule has 0 saturated carbocycles. The third-order valence-corrected chi connectivity index (χ3v) is 2.59. The first-order valence-electron chi connectivity index (χ1n) is 4.90. The molecule has 14 heavy (non-hydrogen) atoms. The van der Waals surface area contributed by atoms with Gasteiger partial charge in [0.25, 0.3) is 0 Å². The topological polar surface area (TPSA) is 39.2 Å². The minimum atomic E-state index is -0.292. The van der Waals surface area contributed by atoms with Gasteiger partial charge in [0.15, 0.2) is 5.69 Å². The van der Waals surface area contributed by atoms with E-state index in [2.05, 4.69) is 11.3 Å². The van der Waals surface area contributed by atoms with Crippen LogP contribution in [0, 0.1) is 0 Å². The lowest BCUT2D eigenvalue weighted by Crippen LogP contribution is -2.07. The van der Waals surface area contributed by atoms with Crippen LogP contribution in [0.25, 0.3) is 0 Å². The van der Waals surface area contributed by atoms with Crippen molar-refractivity contribution in [3.8, 4) is 0 Å². The van der Waals surface area contributed by atoms with Crippen LogP contribution < -0.4 is 0 Å². The highest BCUT2D eigenvalue weighted by atomic mass is 32.1. The minimum absolute atomic E-state index is 0.292. The van der Waals surface area contributed by atoms with Crippen molar-refractivity contribution >= 4 is 17.5 Å². The fraction of sp³-hybridized carbons (Fsp3) is 0.600. The fourth-order valence-corrected chi connectivity index (χ4v) is 1.88. The second-order valence-electron chi connectivity index (χ2n) is 3.01. The molecule has 0 amide bonds. The van der Waals surface area contributed by atoms with Crippen molar-refractivity contribution in [3.63, 3.8) is 0 Å². The first-order valence-corrected chi connectivity index (χ1v) is 5.73. The zero-order chi connectivity index (χ0) is 10.4. The monoisotopic (exact) mass is 213 g/mol. The number of hydrogen-bond donors (Lipinski definition) is 0. The van der Waals surface area contributed by atoms with Gasteiger partial charge < -0.3 is 4.74 Å². The van der Waals surface area contributed by atoms with E-state index in [4.69, 9.17) is 4.74 Å². The van der Waals surface area contributed by atoms with Crippen molar-refractivity contribution < 1.29 is 9.53 Å². The van der Waals surface area contributed by atoms with Crippen LogP contribution in [0.5, 0.6) is 0 Å². The fourth-order valence-electron chi connectivity index (χ4n) is 1.17. The number of hydrogen-bond acceptors (Lipinski definition) is 4. The summed E-state index contributed by atoms with van der Waals surface area (Å²) in [6, 6.07) is 0. The van der Waals surface area contributed by atoms with E-state index in [0.717, 1.165) is 24.8 Å². The molecule has 3 nitrogen and oxygen atoms in total. The van der Waals surface area contributed by atoms with Gasteiger partial charge in [-0.25, -0.2) is 4.79 Å². The molecule has 0 atom stereocenters. The molecule has 0 aromatic carbocycles. The van der Waals surface area contributed by atoms with Crippen LogP contribution in [0.1, 0.15) is 42.7 Å². The van der Waals surface area contributed by atoms with Crippen LogP contribution in [-0.4, -0.2) is 16.9 Å². The van der Waals surface area contributed by atoms with Gasteiger partial charge in [-0.3, -0.25) is 0 Å². The first kappa shape index (κ1) is 11.2. The van der Waals surface area contributed by atoms with Gasteiger partial charge in [0.2, 0.25) is 0 Å². The second-order valence-corrected chi connectivity index (χ2v) is 3.64. The number of ether oxygens (including phenoxy) is 1. The largest absolute Gasteiger partial charge is 0.461 e. The summed E-state index contributed by atoms with van der Waals surface area (Å²) in [7, 11) is 0. The Morgan fingerprint density at radius 1 is 1.57 bits per heavy atom. The van der Waals surface area contributed by atoms with E-state index in [1.165, 1.54) is 11.5 Å². The Bertz CT molecular complexity index is 296. The van der Waals surface area contributed by atoms with E-state index in [1.54, 1.807) is 6.92 Å². The number of nitrogens with zero attached hydrogens (tertiary/aromatic N) is 1. The summed E-state index contributed by atoms with van der Waals surface area (Å²) in [6.07, 6.45) is 3.13. The molecule has 1 aromatic rings. The number of carbonyl (C=O) groups is 1. The quantitative estimate of drug-likeness (QED) is 0.706. The molecular formula is C10H15NO2S. The van der Waals surface area contributed by atoms with Crippen LogP contribution >= 0.6 is 11.5 Å². The molecule has 0 N–H and O–H groups in total. The van der Waals surface area contributed by atoms with Crippen LogP contribution in [0.3, 0.4) is 0 Å². The van der Waals surface area contributed by atoms with Crippen molar-refractivity contribution in [1.29, 1.82) is 0 Å². The first-order chi connectivity index (χ1) is 6.79. The highest BCUT2D eigenvalue weighted by molar-refractivity contribution is 7.03. The zero-order valence-electron chi connectivity index (χ0n) is 8.58. The Labute approximate surface area is 88.3 Å². The SMILES string of the molecule is CCCCc1csnc1C(=O)OCC. The predicted molar refractivity (Wildman–Crippen MR) is 56.7 cm³/mol. The molecule has 1 heterocycles. The molecule has 0 fully saturated rings. The van der Waals surface area contributed by atoms with Gasteiger partial charge in [-0.05, 0) is 36.9 Å². The van der Waals surface area contributed by atoms with E-state index in [1.807, 2.05) is 5.38 Å². The van der Waals surface area contributed by atoms with Crippen molar-refractivity contribution in [3.05, 3.63) is 16.6 Å². The Balaban J connectivity index is 2.66. The molecule has 4 heteroatoms. The van der Waals surface area contributed by atoms with E-state index in [9.17, 15) is 4.79 Å². The van der Waals surface area contributed by atoms with Crippen molar-refractivity contribution in [2.75, 3.05) is 6.61 Å². The molecule has 0 saturated heterocycles. The molecule has 1 aromatic heterocycles. The summed E-state index contributed by atoms with van der Waals surface area (Å²) in [4.78, 5) is 11.4. The lowest BCUT2D eigenvalue weighted by Gasteiger charge is -2.01. The number of rotatable bonds is 5. The molecular weight excluding hydrogens is 198 g/mol. The maximum absolute atomic E-state index is 11.4. The number of esters is 1. The third-order valence-electron chi connectivity index (χ3n) is 1.91. The standard InChI is InChI=1S/C10H15NO2S/c1-3-5-6-8-7-14-11-9(8)10(12)13-4-2/h7H,3-6H2,1-2H3. The maximum atomic E-state index is 11.4. The smallest absolute Gasteiger partial charge is 0.358 e. The lowest BCUT2D eigenvalue weighted by molar-refractivity contribution is 0.0519. The molecule has 0 radical (unpaired) electrons. The normalized spacial score (nSPS) is 10.1. The van der Waals surface area contributed by atoms with Gasteiger partial charge in [0.1, 0.15) is 0 Å². The molecule has 0 aliphatic carbocycles. The van der Waals surface area contributed by atoms with Crippen molar-refractivity contribution in [2.24, 2.45) is 0 Å². The van der Waals surface area contributed by atoms with Gasteiger partial charge in [0, 0.05) is 5.38 Å². The number of carbonyl (C=O) groups excluding carboxylic acids is 1. The van der Waals surface area contributed by atoms with Crippen LogP contribution in [-0.2, 0) is 11.2 Å². The van der Waals surface area contributed by atoms with Crippen LogP contribution in [0.15, 0.2) is 5.38 Å². The summed E-state index contributed by atoms with van der Waals surface area (Å²) >= 11 is 1.32. The molecule has 0 aliphatic heterocycles. The number of aryl methyl sites for hydroxylation is 1. The third kappa shape index (κ3) is 2.80. The van der Waals surface area contributed by atoms with Gasteiger partial charge in [-0.15, -0.1) is 0 Å².